The highest BCUT2D eigenvalue weighted by molar-refractivity contribution is 7.47. The van der Waals surface area contributed by atoms with Crippen LogP contribution in [0.5, 0.6) is 0 Å². The van der Waals surface area contributed by atoms with E-state index in [-0.39, 0.29) is 32.3 Å². The Morgan fingerprint density at radius 3 is 1.31 bits per heavy atom. The van der Waals surface area contributed by atoms with Gasteiger partial charge in [0.05, 0.1) is 19.5 Å². The SMILES string of the molecule is CCCCCCCCCCCCCCCCCC/C=C\OC[C@H](COP(=O)(O)OCCN)OC(=O)CCCCCCCCCCCCCCCCCCC. The molecule has 1 unspecified atom stereocenters. The van der Waals surface area contributed by atoms with Gasteiger partial charge in [0, 0.05) is 13.0 Å². The monoisotopic (exact) mass is 788 g/mol. The molecule has 0 aromatic heterocycles. The van der Waals surface area contributed by atoms with Crippen molar-refractivity contribution in [2.45, 2.75) is 245 Å². The summed E-state index contributed by atoms with van der Waals surface area (Å²) in [6, 6.07) is 0. The van der Waals surface area contributed by atoms with Crippen molar-refractivity contribution in [3.63, 3.8) is 0 Å². The molecule has 0 amide bonds. The third kappa shape index (κ3) is 42.2. The maximum Gasteiger partial charge on any atom is 0.472 e. The van der Waals surface area contributed by atoms with Crippen molar-refractivity contribution in [1.82, 2.24) is 0 Å². The zero-order valence-corrected chi connectivity index (χ0v) is 36.6. The fourth-order valence-electron chi connectivity index (χ4n) is 6.85. The van der Waals surface area contributed by atoms with Gasteiger partial charge in [0.1, 0.15) is 6.61 Å². The Hall–Kier alpha value is -0.920. The van der Waals surface area contributed by atoms with Gasteiger partial charge in [0.2, 0.25) is 0 Å². The van der Waals surface area contributed by atoms with Crippen molar-refractivity contribution in [2.75, 3.05) is 26.4 Å². The van der Waals surface area contributed by atoms with Crippen LogP contribution in [0.15, 0.2) is 12.3 Å². The van der Waals surface area contributed by atoms with E-state index >= 15 is 0 Å². The molecule has 54 heavy (non-hydrogen) atoms. The molecule has 8 nitrogen and oxygen atoms in total. The van der Waals surface area contributed by atoms with E-state index in [4.69, 9.17) is 24.3 Å². The molecule has 0 aliphatic heterocycles. The van der Waals surface area contributed by atoms with Gasteiger partial charge in [-0.25, -0.2) is 4.57 Å². The van der Waals surface area contributed by atoms with Crippen LogP contribution in [0.25, 0.3) is 0 Å². The first-order valence-electron chi connectivity index (χ1n) is 23.2. The summed E-state index contributed by atoms with van der Waals surface area (Å²) in [5.41, 5.74) is 5.37. The van der Waals surface area contributed by atoms with E-state index in [9.17, 15) is 14.3 Å². The highest BCUT2D eigenvalue weighted by atomic mass is 31.2. The summed E-state index contributed by atoms with van der Waals surface area (Å²) in [7, 11) is -4.29. The lowest BCUT2D eigenvalue weighted by Gasteiger charge is -2.19. The molecule has 0 saturated carbocycles. The van der Waals surface area contributed by atoms with Gasteiger partial charge >= 0.3 is 13.8 Å². The lowest BCUT2D eigenvalue weighted by atomic mass is 10.0. The predicted molar refractivity (Wildman–Crippen MR) is 229 cm³/mol. The zero-order valence-electron chi connectivity index (χ0n) is 35.7. The minimum Gasteiger partial charge on any atom is -0.498 e. The number of allylic oxidation sites excluding steroid dienone is 1. The Labute approximate surface area is 334 Å². The maximum atomic E-state index is 12.6. The zero-order chi connectivity index (χ0) is 39.5. The molecule has 0 spiro atoms. The molecule has 0 aliphatic carbocycles. The van der Waals surface area contributed by atoms with Crippen LogP contribution in [-0.2, 0) is 27.9 Å². The molecule has 0 heterocycles. The number of carbonyl (C=O) groups excluding carboxylic acids is 1. The standard InChI is InChI=1S/C45H90NO7P/c1-3-5-7-9-11-13-15-17-19-21-23-25-27-29-31-33-35-37-40-50-42-44(43-52-54(48,49)51-41-39-46)53-45(47)38-36-34-32-30-28-26-24-22-20-18-16-14-12-10-8-6-4-2/h37,40,44H,3-36,38-39,41-43,46H2,1-2H3,(H,48,49)/b40-37-/t44-/m1/s1. The molecule has 0 bridgehead atoms. The smallest absolute Gasteiger partial charge is 0.472 e. The lowest BCUT2D eigenvalue weighted by molar-refractivity contribution is -0.153. The Bertz CT molecular complexity index is 843. The molecule has 0 radical (unpaired) electrons. The summed E-state index contributed by atoms with van der Waals surface area (Å²) >= 11 is 0. The number of ether oxygens (including phenoxy) is 2. The number of unbranched alkanes of at least 4 members (excludes halogenated alkanes) is 32. The van der Waals surface area contributed by atoms with Gasteiger partial charge < -0.3 is 20.1 Å². The number of phosphoric acid groups is 1. The van der Waals surface area contributed by atoms with Crippen molar-refractivity contribution in [2.24, 2.45) is 5.73 Å². The van der Waals surface area contributed by atoms with Crippen molar-refractivity contribution in [1.29, 1.82) is 0 Å². The Morgan fingerprint density at radius 1 is 0.556 bits per heavy atom. The number of rotatable bonds is 45. The molecule has 0 aliphatic rings. The van der Waals surface area contributed by atoms with Crippen molar-refractivity contribution in [3.8, 4) is 0 Å². The van der Waals surface area contributed by atoms with Gasteiger partial charge in [0.25, 0.3) is 0 Å². The van der Waals surface area contributed by atoms with E-state index in [1.807, 2.05) is 6.08 Å². The number of esters is 1. The predicted octanol–water partition coefficient (Wildman–Crippen LogP) is 14.2. The van der Waals surface area contributed by atoms with Crippen LogP contribution in [0.4, 0.5) is 0 Å². The third-order valence-corrected chi connectivity index (χ3v) is 11.3. The summed E-state index contributed by atoms with van der Waals surface area (Å²) in [6.45, 7) is 4.29. The molecule has 322 valence electrons. The van der Waals surface area contributed by atoms with Crippen molar-refractivity contribution in [3.05, 3.63) is 12.3 Å². The first kappa shape index (κ1) is 53.1. The van der Waals surface area contributed by atoms with Crippen LogP contribution in [-0.4, -0.2) is 43.3 Å². The van der Waals surface area contributed by atoms with Gasteiger partial charge in [-0.1, -0.05) is 213 Å². The van der Waals surface area contributed by atoms with E-state index in [0.717, 1.165) is 32.1 Å². The van der Waals surface area contributed by atoms with E-state index in [0.29, 0.717) is 6.42 Å². The summed E-state index contributed by atoms with van der Waals surface area (Å²) < 4.78 is 33.2. The second kappa shape index (κ2) is 43.2. The molecule has 9 heteroatoms. The first-order valence-corrected chi connectivity index (χ1v) is 24.7. The molecule has 0 aromatic rings. The van der Waals surface area contributed by atoms with Gasteiger partial charge in [0.15, 0.2) is 6.10 Å². The normalized spacial score (nSPS) is 13.4. The van der Waals surface area contributed by atoms with Crippen LogP contribution in [0.3, 0.4) is 0 Å². The quantitative estimate of drug-likeness (QED) is 0.0271. The topological polar surface area (TPSA) is 117 Å². The van der Waals surface area contributed by atoms with Crippen LogP contribution >= 0.6 is 7.82 Å². The van der Waals surface area contributed by atoms with Crippen LogP contribution in [0.2, 0.25) is 0 Å². The van der Waals surface area contributed by atoms with Crippen LogP contribution in [0, 0.1) is 0 Å². The number of hydrogen-bond acceptors (Lipinski definition) is 7. The largest absolute Gasteiger partial charge is 0.498 e. The second-order valence-corrected chi connectivity index (χ2v) is 17.2. The molecular weight excluding hydrogens is 697 g/mol. The highest BCUT2D eigenvalue weighted by Crippen LogP contribution is 2.43. The van der Waals surface area contributed by atoms with Crippen molar-refractivity contribution < 1.29 is 32.8 Å². The molecule has 3 N–H and O–H groups in total. The van der Waals surface area contributed by atoms with E-state index in [2.05, 4.69) is 13.8 Å². The summed E-state index contributed by atoms with van der Waals surface area (Å²) in [5.74, 6) is -0.346. The van der Waals surface area contributed by atoms with E-state index in [1.54, 1.807) is 6.26 Å². The van der Waals surface area contributed by atoms with E-state index in [1.165, 1.54) is 186 Å². The Kier molecular flexibility index (Phi) is 42.5. The van der Waals surface area contributed by atoms with Crippen LogP contribution < -0.4 is 5.73 Å². The molecule has 0 rings (SSSR count). The first-order chi connectivity index (χ1) is 26.4. The van der Waals surface area contributed by atoms with Gasteiger partial charge in [-0.05, 0) is 25.3 Å². The fourth-order valence-corrected chi connectivity index (χ4v) is 7.61. The molecule has 2 atom stereocenters. The molecular formula is C45H90NO7P. The van der Waals surface area contributed by atoms with Crippen LogP contribution in [0.1, 0.15) is 239 Å². The number of nitrogens with two attached hydrogens (primary N) is 1. The fraction of sp³-hybridized carbons (Fsp3) is 0.933. The minimum atomic E-state index is -4.29. The number of phosphoric ester groups is 1. The molecule has 0 aromatic carbocycles. The number of hydrogen-bond donors (Lipinski definition) is 2. The van der Waals surface area contributed by atoms with Gasteiger partial charge in [-0.15, -0.1) is 0 Å². The van der Waals surface area contributed by atoms with Gasteiger partial charge in [-0.2, -0.15) is 0 Å². The second-order valence-electron chi connectivity index (χ2n) is 15.7. The third-order valence-electron chi connectivity index (χ3n) is 10.3. The maximum absolute atomic E-state index is 12.6. The molecule has 0 saturated heterocycles. The number of carbonyl (C=O) groups is 1. The average Bonchev–Trinajstić information content (AvgIpc) is 3.16. The van der Waals surface area contributed by atoms with Gasteiger partial charge in [-0.3, -0.25) is 13.8 Å². The summed E-state index contributed by atoms with van der Waals surface area (Å²) in [4.78, 5) is 22.5. The average molecular weight is 788 g/mol. The summed E-state index contributed by atoms with van der Waals surface area (Å²) in [6.07, 6.45) is 47.5. The highest BCUT2D eigenvalue weighted by Gasteiger charge is 2.25. The Morgan fingerprint density at radius 2 is 0.926 bits per heavy atom. The van der Waals surface area contributed by atoms with Crippen molar-refractivity contribution >= 4 is 13.8 Å². The summed E-state index contributed by atoms with van der Waals surface area (Å²) in [5, 5.41) is 0. The minimum absolute atomic E-state index is 0.0388. The Balaban J connectivity index is 4.00. The lowest BCUT2D eigenvalue weighted by Crippen LogP contribution is -2.27. The van der Waals surface area contributed by atoms with E-state index < -0.39 is 13.9 Å². The molecule has 0 fully saturated rings.